The van der Waals surface area contributed by atoms with Gasteiger partial charge in [-0.3, -0.25) is 4.79 Å². The van der Waals surface area contributed by atoms with Gasteiger partial charge in [-0.25, -0.2) is 0 Å². The highest BCUT2D eigenvalue weighted by Crippen LogP contribution is 2.26. The van der Waals surface area contributed by atoms with Crippen LogP contribution < -0.4 is 10.1 Å². The van der Waals surface area contributed by atoms with Crippen LogP contribution in [0.15, 0.2) is 84.0 Å². The van der Waals surface area contributed by atoms with Crippen molar-refractivity contribution < 1.29 is 9.53 Å². The first-order valence-electron chi connectivity index (χ1n) is 9.93. The Morgan fingerprint density at radius 3 is 2.56 bits per heavy atom. The Kier molecular flexibility index (Phi) is 7.09. The van der Waals surface area contributed by atoms with Crippen molar-refractivity contribution in [2.45, 2.75) is 10.9 Å². The number of ether oxygens (including phenoxy) is 1. The molecule has 0 bridgehead atoms. The lowest BCUT2D eigenvalue weighted by Crippen LogP contribution is -2.20. The number of benzene rings is 3. The molecule has 6 nitrogen and oxygen atoms in total. The summed E-state index contributed by atoms with van der Waals surface area (Å²) in [6.07, 6.45) is 0. The molecule has 0 saturated heterocycles. The summed E-state index contributed by atoms with van der Waals surface area (Å²) < 4.78 is 7.42. The third kappa shape index (κ3) is 5.69. The Balaban J connectivity index is 1.35. The summed E-state index contributed by atoms with van der Waals surface area (Å²) in [4.78, 5) is 12.1. The number of aromatic nitrogens is 3. The minimum absolute atomic E-state index is 0.0533. The zero-order valence-corrected chi connectivity index (χ0v) is 18.9. The average Bonchev–Trinajstić information content (AvgIpc) is 3.18. The van der Waals surface area contributed by atoms with Gasteiger partial charge in [0.1, 0.15) is 5.75 Å². The second kappa shape index (κ2) is 10.3. The van der Waals surface area contributed by atoms with E-state index >= 15 is 0 Å². The van der Waals surface area contributed by atoms with Crippen LogP contribution in [-0.4, -0.2) is 27.3 Å². The summed E-state index contributed by atoms with van der Waals surface area (Å²) in [5.74, 6) is 1.94. The molecular weight excluding hydrogens is 444 g/mol. The highest BCUT2D eigenvalue weighted by molar-refractivity contribution is 7.98. The van der Waals surface area contributed by atoms with Crippen LogP contribution in [0.5, 0.6) is 5.75 Å². The molecule has 0 fully saturated rings. The molecule has 0 spiro atoms. The molecule has 162 valence electrons. The third-order valence-corrected chi connectivity index (χ3v) is 5.96. The molecule has 1 heterocycles. The highest BCUT2D eigenvalue weighted by Gasteiger charge is 2.12. The number of nitrogens with zero attached hydrogens (tertiary/aromatic N) is 3. The lowest BCUT2D eigenvalue weighted by atomic mass is 10.2. The van der Waals surface area contributed by atoms with Crippen molar-refractivity contribution in [2.75, 3.05) is 11.9 Å². The molecule has 0 radical (unpaired) electrons. The standard InChI is InChI=1S/C24H21ClN4O2S/c1-29-23(27-28-24(29)32-16-17-6-5-7-19(25)14-17)18-10-12-20(13-11-18)26-22(30)15-31-21-8-3-2-4-9-21/h2-14H,15-16H2,1H3,(H,26,30). The van der Waals surface area contributed by atoms with Gasteiger partial charge in [0.25, 0.3) is 5.91 Å². The molecule has 4 rings (SSSR count). The van der Waals surface area contributed by atoms with E-state index in [1.165, 1.54) is 0 Å². The van der Waals surface area contributed by atoms with Crippen molar-refractivity contribution in [1.82, 2.24) is 14.8 Å². The summed E-state index contributed by atoms with van der Waals surface area (Å²) in [7, 11) is 1.94. The molecule has 0 aliphatic heterocycles. The zero-order chi connectivity index (χ0) is 22.3. The summed E-state index contributed by atoms with van der Waals surface area (Å²) in [6, 6.07) is 24.5. The maximum atomic E-state index is 12.1. The van der Waals surface area contributed by atoms with E-state index in [2.05, 4.69) is 15.5 Å². The van der Waals surface area contributed by atoms with Crippen LogP contribution in [0.4, 0.5) is 5.69 Å². The molecule has 3 aromatic carbocycles. The Bertz CT molecular complexity index is 1200. The summed E-state index contributed by atoms with van der Waals surface area (Å²) in [6.45, 7) is -0.0533. The van der Waals surface area contributed by atoms with Crippen LogP contribution in [0, 0.1) is 0 Å². The van der Waals surface area contributed by atoms with E-state index in [-0.39, 0.29) is 12.5 Å². The highest BCUT2D eigenvalue weighted by atomic mass is 35.5. The number of carbonyl (C=O) groups excluding carboxylic acids is 1. The van der Waals surface area contributed by atoms with Crippen molar-refractivity contribution in [3.8, 4) is 17.1 Å². The van der Waals surface area contributed by atoms with Crippen LogP contribution in [0.2, 0.25) is 5.02 Å². The van der Waals surface area contributed by atoms with E-state index in [0.717, 1.165) is 32.9 Å². The van der Waals surface area contributed by atoms with Crippen LogP contribution in [0.25, 0.3) is 11.4 Å². The average molecular weight is 465 g/mol. The van der Waals surface area contributed by atoms with Gasteiger partial charge in [-0.15, -0.1) is 10.2 Å². The van der Waals surface area contributed by atoms with Crippen molar-refractivity contribution in [3.63, 3.8) is 0 Å². The number of carbonyl (C=O) groups is 1. The van der Waals surface area contributed by atoms with Crippen molar-refractivity contribution >= 4 is 35.0 Å². The van der Waals surface area contributed by atoms with Crippen molar-refractivity contribution in [2.24, 2.45) is 7.05 Å². The molecule has 0 aliphatic rings. The fourth-order valence-electron chi connectivity index (χ4n) is 3.03. The van der Waals surface area contributed by atoms with E-state index in [0.29, 0.717) is 11.4 Å². The van der Waals surface area contributed by atoms with E-state index in [9.17, 15) is 4.79 Å². The maximum Gasteiger partial charge on any atom is 0.262 e. The van der Waals surface area contributed by atoms with Gasteiger partial charge < -0.3 is 14.6 Å². The molecule has 1 aromatic heterocycles. The third-order valence-electron chi connectivity index (χ3n) is 4.63. The normalized spacial score (nSPS) is 10.7. The number of nitrogens with one attached hydrogen (secondary N) is 1. The van der Waals surface area contributed by atoms with Gasteiger partial charge in [-0.1, -0.05) is 53.7 Å². The molecule has 1 amide bonds. The minimum atomic E-state index is -0.222. The summed E-state index contributed by atoms with van der Waals surface area (Å²) in [5, 5.41) is 13.0. The zero-order valence-electron chi connectivity index (χ0n) is 17.4. The number of halogens is 1. The second-order valence-corrected chi connectivity index (χ2v) is 8.39. The Morgan fingerprint density at radius 2 is 1.81 bits per heavy atom. The largest absolute Gasteiger partial charge is 0.484 e. The molecule has 0 saturated carbocycles. The number of para-hydroxylation sites is 1. The second-order valence-electron chi connectivity index (χ2n) is 7.01. The van der Waals surface area contributed by atoms with Gasteiger partial charge >= 0.3 is 0 Å². The van der Waals surface area contributed by atoms with Gasteiger partial charge in [0, 0.05) is 29.1 Å². The number of rotatable bonds is 8. The van der Waals surface area contributed by atoms with Gasteiger partial charge in [0.05, 0.1) is 0 Å². The molecule has 32 heavy (non-hydrogen) atoms. The predicted molar refractivity (Wildman–Crippen MR) is 128 cm³/mol. The summed E-state index contributed by atoms with van der Waals surface area (Å²) >= 11 is 7.66. The minimum Gasteiger partial charge on any atom is -0.484 e. The SMILES string of the molecule is Cn1c(SCc2cccc(Cl)c2)nnc1-c1ccc(NC(=O)COc2ccccc2)cc1. The molecule has 4 aromatic rings. The number of thioether (sulfide) groups is 1. The van der Waals surface area contributed by atoms with Crippen LogP contribution >= 0.6 is 23.4 Å². The first kappa shape index (κ1) is 21.9. The van der Waals surface area contributed by atoms with Gasteiger partial charge in [-0.05, 0) is 54.1 Å². The first-order chi connectivity index (χ1) is 15.6. The maximum absolute atomic E-state index is 12.1. The van der Waals surface area contributed by atoms with Crippen LogP contribution in [-0.2, 0) is 17.6 Å². The Morgan fingerprint density at radius 1 is 1.03 bits per heavy atom. The molecular formula is C24H21ClN4O2S. The number of anilines is 1. The molecule has 1 N–H and O–H groups in total. The Labute approximate surface area is 195 Å². The topological polar surface area (TPSA) is 69.0 Å². The molecule has 0 atom stereocenters. The Hall–Kier alpha value is -3.29. The van der Waals surface area contributed by atoms with E-state index in [1.807, 2.05) is 90.5 Å². The van der Waals surface area contributed by atoms with E-state index in [4.69, 9.17) is 16.3 Å². The molecule has 8 heteroatoms. The van der Waals surface area contributed by atoms with Crippen molar-refractivity contribution in [3.05, 3.63) is 89.4 Å². The van der Waals surface area contributed by atoms with Gasteiger partial charge in [-0.2, -0.15) is 0 Å². The summed E-state index contributed by atoms with van der Waals surface area (Å²) in [5.41, 5.74) is 2.73. The monoisotopic (exact) mass is 464 g/mol. The van der Waals surface area contributed by atoms with Crippen LogP contribution in [0.1, 0.15) is 5.56 Å². The lowest BCUT2D eigenvalue weighted by Gasteiger charge is -2.08. The first-order valence-corrected chi connectivity index (χ1v) is 11.3. The lowest BCUT2D eigenvalue weighted by molar-refractivity contribution is -0.118. The quantitative estimate of drug-likeness (QED) is 0.351. The number of hydrogen-bond acceptors (Lipinski definition) is 5. The molecule has 0 unspecified atom stereocenters. The molecule has 0 aliphatic carbocycles. The van der Waals surface area contributed by atoms with E-state index < -0.39 is 0 Å². The predicted octanol–water partition coefficient (Wildman–Crippen LogP) is 5.45. The number of hydrogen-bond donors (Lipinski definition) is 1. The fraction of sp³-hybridized carbons (Fsp3) is 0.125. The van der Waals surface area contributed by atoms with Gasteiger partial charge in [0.2, 0.25) is 0 Å². The van der Waals surface area contributed by atoms with Gasteiger partial charge in [0.15, 0.2) is 17.6 Å². The van der Waals surface area contributed by atoms with Crippen molar-refractivity contribution in [1.29, 1.82) is 0 Å². The van der Waals surface area contributed by atoms with E-state index in [1.54, 1.807) is 11.8 Å². The van der Waals surface area contributed by atoms with Crippen LogP contribution in [0.3, 0.4) is 0 Å². The fourth-order valence-corrected chi connectivity index (χ4v) is 4.10. The number of amides is 1. The smallest absolute Gasteiger partial charge is 0.262 e.